The van der Waals surface area contributed by atoms with E-state index in [4.69, 9.17) is 5.73 Å². The van der Waals surface area contributed by atoms with Gasteiger partial charge in [0.2, 0.25) is 0 Å². The summed E-state index contributed by atoms with van der Waals surface area (Å²) >= 11 is 0. The Bertz CT molecular complexity index is 525. The highest BCUT2D eigenvalue weighted by atomic mass is 15.2. The minimum atomic E-state index is 0.367. The molecule has 2 rings (SSSR count). The maximum Gasteiger partial charge on any atom is 0.144 e. The van der Waals surface area contributed by atoms with Crippen molar-refractivity contribution in [1.29, 1.82) is 0 Å². The van der Waals surface area contributed by atoms with Gasteiger partial charge in [-0.25, -0.2) is 9.97 Å². The molecule has 4 nitrogen and oxygen atoms in total. The van der Waals surface area contributed by atoms with Gasteiger partial charge in [-0.3, -0.25) is 0 Å². The van der Waals surface area contributed by atoms with E-state index in [0.29, 0.717) is 12.4 Å². The number of anilines is 1. The van der Waals surface area contributed by atoms with Gasteiger partial charge in [0.15, 0.2) is 0 Å². The predicted octanol–water partition coefficient (Wildman–Crippen LogP) is 1.88. The fourth-order valence-corrected chi connectivity index (χ4v) is 1.86. The third-order valence-electron chi connectivity index (χ3n) is 2.77. The maximum absolute atomic E-state index is 5.55. The molecule has 0 saturated heterocycles. The lowest BCUT2D eigenvalue weighted by atomic mass is 10.1. The summed E-state index contributed by atoms with van der Waals surface area (Å²) in [6.07, 6.45) is 1.75. The van der Waals surface area contributed by atoms with Crippen LogP contribution in [0.15, 0.2) is 36.5 Å². The zero-order chi connectivity index (χ0) is 13.0. The summed E-state index contributed by atoms with van der Waals surface area (Å²) in [5.41, 5.74) is 8.09. The quantitative estimate of drug-likeness (QED) is 0.889. The largest absolute Gasteiger partial charge is 0.355 e. The van der Waals surface area contributed by atoms with E-state index < -0.39 is 0 Å². The lowest BCUT2D eigenvalue weighted by Gasteiger charge is -2.18. The molecule has 0 aliphatic heterocycles. The molecule has 18 heavy (non-hydrogen) atoms. The molecular weight excluding hydrogens is 224 g/mol. The average Bonchev–Trinajstić information content (AvgIpc) is 2.39. The van der Waals surface area contributed by atoms with Crippen LogP contribution >= 0.6 is 0 Å². The first-order chi connectivity index (χ1) is 8.69. The minimum absolute atomic E-state index is 0.367. The van der Waals surface area contributed by atoms with E-state index in [1.165, 1.54) is 11.1 Å². The summed E-state index contributed by atoms with van der Waals surface area (Å²) < 4.78 is 0. The van der Waals surface area contributed by atoms with Gasteiger partial charge in [0.25, 0.3) is 0 Å². The van der Waals surface area contributed by atoms with Crippen molar-refractivity contribution in [2.24, 2.45) is 5.73 Å². The van der Waals surface area contributed by atoms with Gasteiger partial charge in [0.05, 0.1) is 6.54 Å². The van der Waals surface area contributed by atoms with Crippen molar-refractivity contribution in [2.75, 3.05) is 11.9 Å². The first-order valence-corrected chi connectivity index (χ1v) is 5.97. The van der Waals surface area contributed by atoms with Gasteiger partial charge in [0.1, 0.15) is 11.6 Å². The molecule has 94 valence electrons. The molecule has 2 N–H and O–H groups in total. The summed E-state index contributed by atoms with van der Waals surface area (Å²) in [5.74, 6) is 1.57. The molecule has 0 atom stereocenters. The highest BCUT2D eigenvalue weighted by Gasteiger charge is 2.05. The van der Waals surface area contributed by atoms with E-state index in [2.05, 4.69) is 46.1 Å². The number of nitrogens with two attached hydrogens (primary N) is 1. The summed E-state index contributed by atoms with van der Waals surface area (Å²) in [7, 11) is 2.02. The van der Waals surface area contributed by atoms with Crippen LogP contribution in [0.2, 0.25) is 0 Å². The Morgan fingerprint density at radius 3 is 2.83 bits per heavy atom. The number of hydrogen-bond acceptors (Lipinski definition) is 4. The van der Waals surface area contributed by atoms with Crippen molar-refractivity contribution in [3.05, 3.63) is 53.5 Å². The summed E-state index contributed by atoms with van der Waals surface area (Å²) in [4.78, 5) is 10.6. The van der Waals surface area contributed by atoms with E-state index in [0.717, 1.165) is 12.4 Å². The summed E-state index contributed by atoms with van der Waals surface area (Å²) in [5, 5.41) is 0. The van der Waals surface area contributed by atoms with Gasteiger partial charge < -0.3 is 10.6 Å². The number of rotatable bonds is 4. The van der Waals surface area contributed by atoms with Crippen LogP contribution in [0.4, 0.5) is 5.82 Å². The van der Waals surface area contributed by atoms with E-state index in [-0.39, 0.29) is 0 Å². The normalized spacial score (nSPS) is 10.4. The predicted molar refractivity (Wildman–Crippen MR) is 73.2 cm³/mol. The molecule has 0 unspecified atom stereocenters. The standard InChI is InChI=1S/C14H18N4/c1-11-4-3-5-12(8-11)10-18(2)14-6-7-16-13(9-15)17-14/h3-8H,9-10,15H2,1-2H3. The Kier molecular flexibility index (Phi) is 3.89. The van der Waals surface area contributed by atoms with Crippen LogP contribution in [0.25, 0.3) is 0 Å². The molecule has 0 bridgehead atoms. The fraction of sp³-hybridized carbons (Fsp3) is 0.286. The van der Waals surface area contributed by atoms with Crippen LogP contribution in [0.3, 0.4) is 0 Å². The second kappa shape index (κ2) is 5.60. The van der Waals surface area contributed by atoms with Crippen LogP contribution < -0.4 is 10.6 Å². The molecule has 4 heteroatoms. The highest BCUT2D eigenvalue weighted by molar-refractivity contribution is 5.38. The second-order valence-corrected chi connectivity index (χ2v) is 4.38. The van der Waals surface area contributed by atoms with Crippen LogP contribution in [0.5, 0.6) is 0 Å². The Morgan fingerprint density at radius 1 is 1.28 bits per heavy atom. The van der Waals surface area contributed by atoms with Crippen LogP contribution in [-0.4, -0.2) is 17.0 Å². The van der Waals surface area contributed by atoms with E-state index >= 15 is 0 Å². The van der Waals surface area contributed by atoms with Gasteiger partial charge in [-0.05, 0) is 18.6 Å². The molecule has 0 radical (unpaired) electrons. The van der Waals surface area contributed by atoms with Crippen LogP contribution in [0, 0.1) is 6.92 Å². The topological polar surface area (TPSA) is 55.0 Å². The first-order valence-electron chi connectivity index (χ1n) is 5.97. The van der Waals surface area contributed by atoms with Crippen molar-refractivity contribution in [1.82, 2.24) is 9.97 Å². The fourth-order valence-electron chi connectivity index (χ4n) is 1.86. The van der Waals surface area contributed by atoms with Gasteiger partial charge in [-0.1, -0.05) is 29.8 Å². The number of aryl methyl sites for hydroxylation is 1. The van der Waals surface area contributed by atoms with Crippen molar-refractivity contribution >= 4 is 5.82 Å². The zero-order valence-corrected chi connectivity index (χ0v) is 10.8. The van der Waals surface area contributed by atoms with Crippen molar-refractivity contribution in [2.45, 2.75) is 20.0 Å². The minimum Gasteiger partial charge on any atom is -0.355 e. The van der Waals surface area contributed by atoms with E-state index in [1.54, 1.807) is 6.20 Å². The monoisotopic (exact) mass is 242 g/mol. The molecule has 0 aliphatic carbocycles. The zero-order valence-electron chi connectivity index (χ0n) is 10.8. The molecule has 1 aromatic carbocycles. The summed E-state index contributed by atoms with van der Waals surface area (Å²) in [6, 6.07) is 10.4. The van der Waals surface area contributed by atoms with E-state index in [1.807, 2.05) is 13.1 Å². The van der Waals surface area contributed by atoms with Crippen molar-refractivity contribution in [3.8, 4) is 0 Å². The van der Waals surface area contributed by atoms with Gasteiger partial charge in [-0.15, -0.1) is 0 Å². The van der Waals surface area contributed by atoms with Gasteiger partial charge >= 0.3 is 0 Å². The van der Waals surface area contributed by atoms with Gasteiger partial charge in [-0.2, -0.15) is 0 Å². The SMILES string of the molecule is Cc1cccc(CN(C)c2ccnc(CN)n2)c1. The van der Waals surface area contributed by atoms with Crippen molar-refractivity contribution in [3.63, 3.8) is 0 Å². The smallest absolute Gasteiger partial charge is 0.144 e. The molecular formula is C14H18N4. The molecule has 0 amide bonds. The van der Waals surface area contributed by atoms with Crippen molar-refractivity contribution < 1.29 is 0 Å². The lowest BCUT2D eigenvalue weighted by molar-refractivity contribution is 0.848. The molecule has 1 aromatic heterocycles. The third-order valence-corrected chi connectivity index (χ3v) is 2.77. The number of nitrogens with zero attached hydrogens (tertiary/aromatic N) is 3. The second-order valence-electron chi connectivity index (χ2n) is 4.38. The third kappa shape index (κ3) is 3.05. The Morgan fingerprint density at radius 2 is 2.11 bits per heavy atom. The number of benzene rings is 1. The first kappa shape index (κ1) is 12.5. The number of hydrogen-bond donors (Lipinski definition) is 1. The molecule has 2 aromatic rings. The Balaban J connectivity index is 2.13. The number of aromatic nitrogens is 2. The van der Waals surface area contributed by atoms with Gasteiger partial charge in [0, 0.05) is 19.8 Å². The van der Waals surface area contributed by atoms with Crippen LogP contribution in [0.1, 0.15) is 17.0 Å². The Hall–Kier alpha value is -1.94. The maximum atomic E-state index is 5.55. The average molecular weight is 242 g/mol. The molecule has 1 heterocycles. The highest BCUT2D eigenvalue weighted by Crippen LogP contribution is 2.13. The Labute approximate surface area is 107 Å². The molecule has 0 aliphatic rings. The molecule has 0 fully saturated rings. The van der Waals surface area contributed by atoms with E-state index in [9.17, 15) is 0 Å². The van der Waals surface area contributed by atoms with Crippen LogP contribution in [-0.2, 0) is 13.1 Å². The summed E-state index contributed by atoms with van der Waals surface area (Å²) in [6.45, 7) is 3.29. The molecule has 0 spiro atoms. The molecule has 0 saturated carbocycles. The lowest BCUT2D eigenvalue weighted by Crippen LogP contribution is -2.19.